The Labute approximate surface area is 86.3 Å². The summed E-state index contributed by atoms with van der Waals surface area (Å²) in [6.45, 7) is 1.90. The van der Waals surface area contributed by atoms with Crippen LogP contribution in [0, 0.1) is 0 Å². The summed E-state index contributed by atoms with van der Waals surface area (Å²) in [7, 11) is 4.08. The molecule has 0 aromatic rings. The van der Waals surface area contributed by atoms with Gasteiger partial charge in [0.05, 0.1) is 0 Å². The lowest BCUT2D eigenvalue weighted by molar-refractivity contribution is -0.121. The first-order chi connectivity index (χ1) is 6.66. The molecule has 0 saturated heterocycles. The third-order valence-corrected chi connectivity index (χ3v) is 1.92. The third-order valence-electron chi connectivity index (χ3n) is 1.92. The normalized spacial score (nSPS) is 10.6. The van der Waals surface area contributed by atoms with Gasteiger partial charge in [-0.05, 0) is 39.9 Å². The van der Waals surface area contributed by atoms with Crippen LogP contribution in [0.4, 0.5) is 0 Å². The van der Waals surface area contributed by atoms with Crippen LogP contribution in [0.15, 0.2) is 0 Å². The van der Waals surface area contributed by atoms with Crippen molar-refractivity contribution in [2.75, 3.05) is 33.8 Å². The summed E-state index contributed by atoms with van der Waals surface area (Å²) in [6, 6.07) is 0. The highest BCUT2D eigenvalue weighted by molar-refractivity contribution is 5.75. The highest BCUT2D eigenvalue weighted by Crippen LogP contribution is 1.90. The number of amides is 1. The fraction of sp³-hybridized carbons (Fsp3) is 0.900. The first-order valence-corrected chi connectivity index (χ1v) is 5.19. The maximum atomic E-state index is 11.1. The molecule has 4 nitrogen and oxygen atoms in total. The van der Waals surface area contributed by atoms with E-state index in [1.807, 2.05) is 14.1 Å². The van der Waals surface area contributed by atoms with Crippen molar-refractivity contribution in [1.29, 1.82) is 0 Å². The molecule has 0 saturated carbocycles. The van der Waals surface area contributed by atoms with Crippen LogP contribution in [0.2, 0.25) is 0 Å². The monoisotopic (exact) mass is 202 g/mol. The number of carbonyl (C=O) groups excluding carboxylic acids is 1. The van der Waals surface area contributed by atoms with Crippen molar-refractivity contribution < 1.29 is 9.90 Å². The van der Waals surface area contributed by atoms with Crippen molar-refractivity contribution in [1.82, 2.24) is 10.2 Å². The Bertz CT molecular complexity index is 149. The molecule has 0 aliphatic carbocycles. The van der Waals surface area contributed by atoms with Crippen molar-refractivity contribution in [3.63, 3.8) is 0 Å². The van der Waals surface area contributed by atoms with Crippen molar-refractivity contribution in [2.24, 2.45) is 0 Å². The van der Waals surface area contributed by atoms with E-state index in [1.165, 1.54) is 0 Å². The van der Waals surface area contributed by atoms with Crippen LogP contribution >= 0.6 is 0 Å². The summed E-state index contributed by atoms with van der Waals surface area (Å²) >= 11 is 0. The lowest BCUT2D eigenvalue weighted by Gasteiger charge is -2.09. The Morgan fingerprint density at radius 1 is 1.29 bits per heavy atom. The molecule has 14 heavy (non-hydrogen) atoms. The molecule has 0 fully saturated rings. The van der Waals surface area contributed by atoms with E-state index in [0.29, 0.717) is 12.8 Å². The molecule has 1 amide bonds. The molecule has 84 valence electrons. The van der Waals surface area contributed by atoms with Gasteiger partial charge in [0.1, 0.15) is 0 Å². The molecular weight excluding hydrogens is 180 g/mol. The molecule has 0 unspecified atom stereocenters. The fourth-order valence-electron chi connectivity index (χ4n) is 1.11. The molecule has 0 aromatic carbocycles. The first kappa shape index (κ1) is 13.4. The number of unbranched alkanes of at least 4 members (excludes halogenated alkanes) is 1. The van der Waals surface area contributed by atoms with Gasteiger partial charge < -0.3 is 15.3 Å². The van der Waals surface area contributed by atoms with Gasteiger partial charge in [0.2, 0.25) is 5.91 Å². The second-order valence-corrected chi connectivity index (χ2v) is 3.69. The molecule has 4 heteroatoms. The number of carbonyl (C=O) groups is 1. The summed E-state index contributed by atoms with van der Waals surface area (Å²) in [4.78, 5) is 13.2. The van der Waals surface area contributed by atoms with Crippen LogP contribution in [-0.4, -0.2) is 49.7 Å². The molecule has 0 rings (SSSR count). The van der Waals surface area contributed by atoms with Crippen molar-refractivity contribution >= 4 is 5.91 Å². The van der Waals surface area contributed by atoms with E-state index < -0.39 is 0 Å². The van der Waals surface area contributed by atoms with Gasteiger partial charge in [-0.1, -0.05) is 0 Å². The highest BCUT2D eigenvalue weighted by atomic mass is 16.3. The van der Waals surface area contributed by atoms with Gasteiger partial charge in [-0.2, -0.15) is 0 Å². The van der Waals surface area contributed by atoms with E-state index in [4.69, 9.17) is 5.11 Å². The Morgan fingerprint density at radius 3 is 2.57 bits per heavy atom. The number of rotatable bonds is 8. The van der Waals surface area contributed by atoms with E-state index in [1.54, 1.807) is 0 Å². The second kappa shape index (κ2) is 8.97. The zero-order chi connectivity index (χ0) is 10.8. The number of aliphatic hydroxyl groups is 1. The van der Waals surface area contributed by atoms with Crippen LogP contribution in [0.1, 0.15) is 25.7 Å². The van der Waals surface area contributed by atoms with Crippen LogP contribution in [0.25, 0.3) is 0 Å². The molecular formula is C10H22N2O2. The summed E-state index contributed by atoms with van der Waals surface area (Å²) in [5, 5.41) is 11.3. The molecule has 0 bridgehead atoms. The van der Waals surface area contributed by atoms with Gasteiger partial charge in [-0.3, -0.25) is 4.79 Å². The summed E-state index contributed by atoms with van der Waals surface area (Å²) in [5.74, 6) is 0.0453. The van der Waals surface area contributed by atoms with Gasteiger partial charge in [0, 0.05) is 19.6 Å². The molecule has 0 aliphatic heterocycles. The van der Waals surface area contributed by atoms with Crippen molar-refractivity contribution in [3.05, 3.63) is 0 Å². The van der Waals surface area contributed by atoms with Gasteiger partial charge in [-0.15, -0.1) is 0 Å². The Balaban J connectivity index is 3.15. The minimum absolute atomic E-state index is 0.0453. The molecule has 0 atom stereocenters. The highest BCUT2D eigenvalue weighted by Gasteiger charge is 1.98. The minimum Gasteiger partial charge on any atom is -0.396 e. The van der Waals surface area contributed by atoms with Gasteiger partial charge in [-0.25, -0.2) is 0 Å². The Morgan fingerprint density at radius 2 is 2.00 bits per heavy atom. The molecule has 0 spiro atoms. The standard InChI is InChI=1S/C10H22N2O2/c1-12(2)8-4-3-7-11-10(14)6-5-9-13/h13H,3-9H2,1-2H3,(H,11,14). The summed E-state index contributed by atoms with van der Waals surface area (Å²) < 4.78 is 0. The van der Waals surface area contributed by atoms with Crippen molar-refractivity contribution in [3.8, 4) is 0 Å². The number of hydrogen-bond donors (Lipinski definition) is 2. The van der Waals surface area contributed by atoms with E-state index in [0.717, 1.165) is 25.9 Å². The molecule has 0 aliphatic rings. The van der Waals surface area contributed by atoms with Gasteiger partial charge >= 0.3 is 0 Å². The smallest absolute Gasteiger partial charge is 0.220 e. The maximum absolute atomic E-state index is 11.1. The zero-order valence-corrected chi connectivity index (χ0v) is 9.25. The summed E-state index contributed by atoms with van der Waals surface area (Å²) in [5.41, 5.74) is 0. The van der Waals surface area contributed by atoms with E-state index in [2.05, 4.69) is 10.2 Å². The predicted octanol–water partition coefficient (Wildman–Crippen LogP) is 0.217. The minimum atomic E-state index is 0.0453. The molecule has 2 N–H and O–H groups in total. The number of nitrogens with one attached hydrogen (secondary N) is 1. The van der Waals surface area contributed by atoms with Crippen LogP contribution < -0.4 is 5.32 Å². The molecule has 0 radical (unpaired) electrons. The third kappa shape index (κ3) is 9.48. The summed E-state index contributed by atoms with van der Waals surface area (Å²) in [6.07, 6.45) is 3.12. The SMILES string of the molecule is CN(C)CCCCNC(=O)CCCO. The number of hydrogen-bond acceptors (Lipinski definition) is 3. The lowest BCUT2D eigenvalue weighted by atomic mass is 10.2. The topological polar surface area (TPSA) is 52.6 Å². The fourth-order valence-corrected chi connectivity index (χ4v) is 1.11. The first-order valence-electron chi connectivity index (χ1n) is 5.19. The van der Waals surface area contributed by atoms with E-state index in [-0.39, 0.29) is 12.5 Å². The quantitative estimate of drug-likeness (QED) is 0.553. The number of aliphatic hydroxyl groups excluding tert-OH is 1. The van der Waals surface area contributed by atoms with Crippen LogP contribution in [0.5, 0.6) is 0 Å². The largest absolute Gasteiger partial charge is 0.396 e. The van der Waals surface area contributed by atoms with Gasteiger partial charge in [0.25, 0.3) is 0 Å². The average molecular weight is 202 g/mol. The Hall–Kier alpha value is -0.610. The average Bonchev–Trinajstić information content (AvgIpc) is 2.13. The predicted molar refractivity (Wildman–Crippen MR) is 57.1 cm³/mol. The van der Waals surface area contributed by atoms with Gasteiger partial charge in [0.15, 0.2) is 0 Å². The van der Waals surface area contributed by atoms with E-state index >= 15 is 0 Å². The maximum Gasteiger partial charge on any atom is 0.220 e. The van der Waals surface area contributed by atoms with E-state index in [9.17, 15) is 4.79 Å². The second-order valence-electron chi connectivity index (χ2n) is 3.69. The van der Waals surface area contributed by atoms with Crippen molar-refractivity contribution in [2.45, 2.75) is 25.7 Å². The lowest BCUT2D eigenvalue weighted by Crippen LogP contribution is -2.25. The van der Waals surface area contributed by atoms with Crippen LogP contribution in [0.3, 0.4) is 0 Å². The number of nitrogens with zero attached hydrogens (tertiary/aromatic N) is 1. The van der Waals surface area contributed by atoms with Crippen LogP contribution in [-0.2, 0) is 4.79 Å². The molecule has 0 aromatic heterocycles. The molecule has 0 heterocycles. The Kier molecular flexibility index (Phi) is 8.57. The zero-order valence-electron chi connectivity index (χ0n) is 9.25.